The van der Waals surface area contributed by atoms with E-state index in [9.17, 15) is 0 Å². The fourth-order valence-electron chi connectivity index (χ4n) is 3.15. The Bertz CT molecular complexity index is 1200. The van der Waals surface area contributed by atoms with E-state index >= 15 is 0 Å². The number of nitrogens with zero attached hydrogens (tertiary/aromatic N) is 6. The highest BCUT2D eigenvalue weighted by atomic mass is 15.3. The number of nitrogens with two attached hydrogens (primary N) is 2. The average molecular weight is 387 g/mol. The van der Waals surface area contributed by atoms with Gasteiger partial charge in [-0.2, -0.15) is 15.4 Å². The van der Waals surface area contributed by atoms with Crippen molar-refractivity contribution in [2.75, 3.05) is 12.8 Å². The van der Waals surface area contributed by atoms with Crippen LogP contribution in [-0.4, -0.2) is 43.4 Å². The van der Waals surface area contributed by atoms with Crippen molar-refractivity contribution in [2.45, 2.75) is 13.0 Å². The van der Waals surface area contributed by atoms with Crippen LogP contribution in [-0.2, 0) is 13.0 Å². The maximum absolute atomic E-state index is 6.10. The topological polar surface area (TPSA) is 137 Å². The first-order chi connectivity index (χ1) is 14.1. The summed E-state index contributed by atoms with van der Waals surface area (Å²) in [4.78, 5) is 8.10. The third-order valence-corrected chi connectivity index (χ3v) is 4.48. The lowest BCUT2D eigenvalue weighted by atomic mass is 10.1. The molecule has 0 saturated heterocycles. The smallest absolute Gasteiger partial charge is 0.203 e. The third kappa shape index (κ3) is 4.13. The van der Waals surface area contributed by atoms with E-state index in [1.165, 1.54) is 0 Å². The van der Waals surface area contributed by atoms with E-state index < -0.39 is 0 Å². The number of aromatic nitrogens is 6. The summed E-state index contributed by atoms with van der Waals surface area (Å²) in [5, 5.41) is 15.3. The lowest BCUT2D eigenvalue weighted by molar-refractivity contribution is 0.686. The van der Waals surface area contributed by atoms with Gasteiger partial charge in [0.15, 0.2) is 0 Å². The minimum atomic E-state index is 0.421. The van der Waals surface area contributed by atoms with Gasteiger partial charge in [-0.15, -0.1) is 5.10 Å². The van der Waals surface area contributed by atoms with Crippen LogP contribution in [0.25, 0.3) is 16.9 Å². The molecule has 0 aliphatic carbocycles. The van der Waals surface area contributed by atoms with Crippen LogP contribution in [0.1, 0.15) is 22.3 Å². The molecule has 29 heavy (non-hydrogen) atoms. The molecule has 0 fully saturated rings. The number of hydrogen-bond acceptors (Lipinski definition) is 7. The summed E-state index contributed by atoms with van der Waals surface area (Å²) >= 11 is 0. The molecule has 0 aliphatic heterocycles. The normalized spacial score (nSPS) is 12.2. The molecule has 9 nitrogen and oxygen atoms in total. The zero-order valence-corrected chi connectivity index (χ0v) is 15.9. The van der Waals surface area contributed by atoms with Gasteiger partial charge in [0.1, 0.15) is 11.3 Å². The first kappa shape index (κ1) is 18.4. The first-order valence-corrected chi connectivity index (χ1v) is 9.07. The molecule has 3 heterocycles. The Labute approximate surface area is 167 Å². The van der Waals surface area contributed by atoms with Crippen LogP contribution < -0.4 is 11.5 Å². The van der Waals surface area contributed by atoms with Crippen LogP contribution >= 0.6 is 0 Å². The minimum Gasteiger partial charge on any atom is -0.398 e. The molecule has 3 aromatic heterocycles. The van der Waals surface area contributed by atoms with E-state index in [0.717, 1.165) is 27.8 Å². The molecule has 0 unspecified atom stereocenters. The van der Waals surface area contributed by atoms with Gasteiger partial charge >= 0.3 is 0 Å². The zero-order valence-electron chi connectivity index (χ0n) is 15.9. The van der Waals surface area contributed by atoms with Gasteiger partial charge in [0.05, 0.1) is 12.7 Å². The Morgan fingerprint density at radius 3 is 3.00 bits per heavy atom. The number of fused-ring (bicyclic) bond motifs is 1. The van der Waals surface area contributed by atoms with Crippen LogP contribution in [0.5, 0.6) is 0 Å². The molecule has 5 N–H and O–H groups in total. The van der Waals surface area contributed by atoms with Gasteiger partial charge in [-0.25, -0.2) is 4.98 Å². The predicted molar refractivity (Wildman–Crippen MR) is 113 cm³/mol. The number of benzene rings is 1. The summed E-state index contributed by atoms with van der Waals surface area (Å²) in [5.74, 6) is 0.421. The molecule has 4 aromatic rings. The number of aromatic amines is 1. The molecule has 0 atom stereocenters. The van der Waals surface area contributed by atoms with Crippen molar-refractivity contribution >= 4 is 28.9 Å². The summed E-state index contributed by atoms with van der Waals surface area (Å²) in [6.45, 7) is 0.640. The molecular weight excluding hydrogens is 366 g/mol. The van der Waals surface area contributed by atoms with E-state index in [2.05, 4.69) is 42.6 Å². The maximum atomic E-state index is 6.10. The van der Waals surface area contributed by atoms with E-state index in [4.69, 9.17) is 11.5 Å². The van der Waals surface area contributed by atoms with E-state index in [0.29, 0.717) is 30.1 Å². The summed E-state index contributed by atoms with van der Waals surface area (Å²) < 4.78 is 1.90. The van der Waals surface area contributed by atoms with E-state index in [-0.39, 0.29) is 0 Å². The summed E-state index contributed by atoms with van der Waals surface area (Å²) in [6, 6.07) is 9.89. The number of H-pyrrole nitrogens is 1. The molecule has 9 heteroatoms. The summed E-state index contributed by atoms with van der Waals surface area (Å²) in [6.07, 6.45) is 7.97. The first-order valence-electron chi connectivity index (χ1n) is 9.07. The largest absolute Gasteiger partial charge is 0.398 e. The second-order valence-electron chi connectivity index (χ2n) is 6.65. The number of nitrogens with one attached hydrogen (secondary N) is 1. The van der Waals surface area contributed by atoms with Gasteiger partial charge in [0.2, 0.25) is 5.65 Å². The second kappa shape index (κ2) is 7.93. The number of pyridine rings is 1. The van der Waals surface area contributed by atoms with Crippen molar-refractivity contribution in [1.29, 1.82) is 0 Å². The Hall–Kier alpha value is -4.01. The molecule has 4 rings (SSSR count). The Kier molecular flexibility index (Phi) is 5.02. The van der Waals surface area contributed by atoms with Crippen LogP contribution in [0.4, 0.5) is 5.82 Å². The highest BCUT2D eigenvalue weighted by Gasteiger charge is 2.10. The van der Waals surface area contributed by atoms with Crippen LogP contribution in [0.15, 0.2) is 53.8 Å². The third-order valence-electron chi connectivity index (χ3n) is 4.48. The number of hydrogen-bond donors (Lipinski definition) is 3. The van der Waals surface area contributed by atoms with E-state index in [1.807, 2.05) is 35.3 Å². The molecule has 1 aromatic carbocycles. The SMILES string of the molecule is CN=CC=C(N)c1cccc(Cn2cc(Cc3cc(N)nc4n[nH]nc34)cn2)c1. The zero-order chi connectivity index (χ0) is 20.2. The standard InChI is InChI=1S/C20H21N9/c1-23-6-5-17(21)15-4-2-3-13(7-15)11-29-12-14(10-24-29)8-16-9-18(22)25-20-19(16)26-28-27-20/h2-7,9-10,12H,8,11,21H2,1H3,(H3,22,25,26,27,28). The highest BCUT2D eigenvalue weighted by molar-refractivity contribution is 5.83. The number of rotatable bonds is 6. The van der Waals surface area contributed by atoms with Gasteiger partial charge in [-0.3, -0.25) is 9.67 Å². The quantitative estimate of drug-likeness (QED) is 0.431. The van der Waals surface area contributed by atoms with Gasteiger partial charge in [-0.1, -0.05) is 18.2 Å². The van der Waals surface area contributed by atoms with E-state index in [1.54, 1.807) is 19.3 Å². The number of allylic oxidation sites excluding steroid dienone is 1. The predicted octanol–water partition coefficient (Wildman–Crippen LogP) is 1.77. The second-order valence-corrected chi connectivity index (χ2v) is 6.65. The molecular formula is C20H21N9. The van der Waals surface area contributed by atoms with Crippen molar-refractivity contribution in [2.24, 2.45) is 10.7 Å². The monoisotopic (exact) mass is 387 g/mol. The fourth-order valence-corrected chi connectivity index (χ4v) is 3.15. The number of nitrogen functional groups attached to an aromatic ring is 1. The Morgan fingerprint density at radius 1 is 1.24 bits per heavy atom. The Morgan fingerprint density at radius 2 is 2.14 bits per heavy atom. The summed E-state index contributed by atoms with van der Waals surface area (Å²) in [5.41, 5.74) is 18.0. The molecule has 0 amide bonds. The van der Waals surface area contributed by atoms with Gasteiger partial charge in [0.25, 0.3) is 0 Å². The van der Waals surface area contributed by atoms with Crippen LogP contribution in [0.3, 0.4) is 0 Å². The fraction of sp³-hybridized carbons (Fsp3) is 0.150. The minimum absolute atomic E-state index is 0.421. The van der Waals surface area contributed by atoms with Crippen molar-refractivity contribution in [3.05, 3.63) is 71.1 Å². The highest BCUT2D eigenvalue weighted by Crippen LogP contribution is 2.19. The Balaban J connectivity index is 1.52. The molecule has 146 valence electrons. The lowest BCUT2D eigenvalue weighted by Gasteiger charge is -2.06. The number of aliphatic imine (C=N–C) groups is 1. The molecule has 0 bridgehead atoms. The van der Waals surface area contributed by atoms with Crippen molar-refractivity contribution in [3.63, 3.8) is 0 Å². The van der Waals surface area contributed by atoms with Crippen molar-refractivity contribution in [3.8, 4) is 0 Å². The lowest BCUT2D eigenvalue weighted by Crippen LogP contribution is -2.02. The van der Waals surface area contributed by atoms with Gasteiger partial charge in [-0.05, 0) is 40.5 Å². The van der Waals surface area contributed by atoms with Crippen molar-refractivity contribution < 1.29 is 0 Å². The molecule has 0 radical (unpaired) electrons. The molecule has 0 saturated carbocycles. The van der Waals surface area contributed by atoms with Crippen LogP contribution in [0.2, 0.25) is 0 Å². The number of anilines is 1. The van der Waals surface area contributed by atoms with Crippen LogP contribution in [0, 0.1) is 0 Å². The summed E-state index contributed by atoms with van der Waals surface area (Å²) in [7, 11) is 1.71. The van der Waals surface area contributed by atoms with Crippen molar-refractivity contribution in [1.82, 2.24) is 30.2 Å². The van der Waals surface area contributed by atoms with Gasteiger partial charge in [0, 0.05) is 31.6 Å². The van der Waals surface area contributed by atoms with Gasteiger partial charge < -0.3 is 11.5 Å². The molecule has 0 spiro atoms. The molecule has 0 aliphatic rings. The average Bonchev–Trinajstić information content (AvgIpc) is 3.35. The maximum Gasteiger partial charge on any atom is 0.203 e.